The standard InChI is InChI=1S/C19H34N2O3/c1-14(2)12-16(22)21-10-8-19(9-11-21)7-6-15(24-19)13-20-17(23)18(3,4)5/h14-15H,6-13H2,1-5H3,(H,20,23)/t15-/m0/s1. The molecule has 0 aromatic rings. The van der Waals surface area contributed by atoms with Crippen molar-refractivity contribution in [2.24, 2.45) is 11.3 Å². The molecule has 0 radical (unpaired) electrons. The molecule has 0 aliphatic carbocycles. The molecule has 1 atom stereocenters. The average molecular weight is 338 g/mol. The smallest absolute Gasteiger partial charge is 0.225 e. The molecule has 0 aromatic heterocycles. The number of nitrogens with one attached hydrogen (secondary N) is 1. The van der Waals surface area contributed by atoms with Crippen molar-refractivity contribution in [2.45, 2.75) is 78.4 Å². The van der Waals surface area contributed by atoms with Gasteiger partial charge < -0.3 is 15.0 Å². The SMILES string of the molecule is CC(C)CC(=O)N1CCC2(CC[C@@H](CNC(=O)C(C)(C)C)O2)CC1. The number of carbonyl (C=O) groups is 2. The number of ether oxygens (including phenoxy) is 1. The van der Waals surface area contributed by atoms with Crippen LogP contribution in [0.15, 0.2) is 0 Å². The van der Waals surface area contributed by atoms with Crippen molar-refractivity contribution >= 4 is 11.8 Å². The van der Waals surface area contributed by atoms with Crippen LogP contribution in [0.1, 0.15) is 66.7 Å². The van der Waals surface area contributed by atoms with E-state index in [1.807, 2.05) is 25.7 Å². The number of rotatable bonds is 4. The first-order valence-electron chi connectivity index (χ1n) is 9.35. The van der Waals surface area contributed by atoms with Gasteiger partial charge in [-0.15, -0.1) is 0 Å². The van der Waals surface area contributed by atoms with Crippen LogP contribution < -0.4 is 5.32 Å². The third kappa shape index (κ3) is 4.95. The van der Waals surface area contributed by atoms with Crippen molar-refractivity contribution in [1.29, 1.82) is 0 Å². The minimum atomic E-state index is -0.363. The van der Waals surface area contributed by atoms with Gasteiger partial charge in [-0.05, 0) is 31.6 Å². The minimum Gasteiger partial charge on any atom is -0.370 e. The Morgan fingerprint density at radius 3 is 2.38 bits per heavy atom. The molecule has 5 heteroatoms. The number of hydrogen-bond donors (Lipinski definition) is 1. The molecule has 0 aromatic carbocycles. The van der Waals surface area contributed by atoms with E-state index in [9.17, 15) is 9.59 Å². The summed E-state index contributed by atoms with van der Waals surface area (Å²) in [4.78, 5) is 26.2. The average Bonchev–Trinajstić information content (AvgIpc) is 2.86. The fourth-order valence-electron chi connectivity index (χ4n) is 3.52. The summed E-state index contributed by atoms with van der Waals surface area (Å²) in [5.74, 6) is 0.750. The first-order chi connectivity index (χ1) is 11.1. The molecule has 0 unspecified atom stereocenters. The molecular formula is C19H34N2O3. The van der Waals surface area contributed by atoms with Crippen LogP contribution in [0.25, 0.3) is 0 Å². The molecule has 138 valence electrons. The molecule has 0 saturated carbocycles. The van der Waals surface area contributed by atoms with Crippen molar-refractivity contribution in [3.05, 3.63) is 0 Å². The second-order valence-electron chi connectivity index (χ2n) is 8.90. The van der Waals surface area contributed by atoms with E-state index in [0.717, 1.165) is 38.8 Å². The predicted octanol–water partition coefficient (Wildman–Crippen LogP) is 2.74. The van der Waals surface area contributed by atoms with Crippen LogP contribution in [0.2, 0.25) is 0 Å². The first kappa shape index (κ1) is 19.2. The normalized spacial score (nSPS) is 23.8. The molecular weight excluding hydrogens is 304 g/mol. The summed E-state index contributed by atoms with van der Waals surface area (Å²) in [5.41, 5.74) is -0.440. The van der Waals surface area contributed by atoms with Crippen molar-refractivity contribution in [3.8, 4) is 0 Å². The summed E-state index contributed by atoms with van der Waals surface area (Å²) in [6.45, 7) is 12.1. The van der Waals surface area contributed by atoms with Crippen LogP contribution in [0.4, 0.5) is 0 Å². The summed E-state index contributed by atoms with van der Waals surface area (Å²) >= 11 is 0. The lowest BCUT2D eigenvalue weighted by Gasteiger charge is -2.39. The highest BCUT2D eigenvalue weighted by Gasteiger charge is 2.43. The molecule has 5 nitrogen and oxygen atoms in total. The Kier molecular flexibility index (Phi) is 5.95. The monoisotopic (exact) mass is 338 g/mol. The zero-order valence-corrected chi connectivity index (χ0v) is 16.0. The number of likely N-dealkylation sites (tertiary alicyclic amines) is 1. The van der Waals surface area contributed by atoms with E-state index in [1.54, 1.807) is 0 Å². The molecule has 0 bridgehead atoms. The van der Waals surface area contributed by atoms with Gasteiger partial charge in [0.1, 0.15) is 0 Å². The van der Waals surface area contributed by atoms with Gasteiger partial charge in [0.15, 0.2) is 0 Å². The largest absolute Gasteiger partial charge is 0.370 e. The van der Waals surface area contributed by atoms with E-state index in [-0.39, 0.29) is 28.9 Å². The van der Waals surface area contributed by atoms with Gasteiger partial charge in [0, 0.05) is 31.5 Å². The first-order valence-corrected chi connectivity index (χ1v) is 9.35. The van der Waals surface area contributed by atoms with E-state index >= 15 is 0 Å². The van der Waals surface area contributed by atoms with Crippen LogP contribution in [-0.2, 0) is 14.3 Å². The van der Waals surface area contributed by atoms with E-state index in [1.165, 1.54) is 0 Å². The van der Waals surface area contributed by atoms with Crippen LogP contribution in [0, 0.1) is 11.3 Å². The molecule has 1 spiro atoms. The van der Waals surface area contributed by atoms with E-state index in [4.69, 9.17) is 4.74 Å². The zero-order chi connectivity index (χ0) is 18.0. The lowest BCUT2D eigenvalue weighted by molar-refractivity contribution is -0.139. The Hall–Kier alpha value is -1.10. The Morgan fingerprint density at radius 1 is 1.21 bits per heavy atom. The van der Waals surface area contributed by atoms with Gasteiger partial charge in [0.05, 0.1) is 11.7 Å². The zero-order valence-electron chi connectivity index (χ0n) is 16.0. The van der Waals surface area contributed by atoms with E-state index in [0.29, 0.717) is 18.9 Å². The van der Waals surface area contributed by atoms with Gasteiger partial charge in [-0.3, -0.25) is 9.59 Å². The summed E-state index contributed by atoms with van der Waals surface area (Å²) < 4.78 is 6.31. The van der Waals surface area contributed by atoms with Crippen molar-refractivity contribution in [1.82, 2.24) is 10.2 Å². The van der Waals surface area contributed by atoms with Gasteiger partial charge in [-0.2, -0.15) is 0 Å². The fourth-order valence-corrected chi connectivity index (χ4v) is 3.52. The van der Waals surface area contributed by atoms with Gasteiger partial charge >= 0.3 is 0 Å². The maximum atomic E-state index is 12.2. The second kappa shape index (κ2) is 7.42. The predicted molar refractivity (Wildman–Crippen MR) is 94.6 cm³/mol. The van der Waals surface area contributed by atoms with Gasteiger partial charge in [-0.1, -0.05) is 34.6 Å². The minimum absolute atomic E-state index is 0.0705. The number of nitrogens with zero attached hydrogens (tertiary/aromatic N) is 1. The Morgan fingerprint density at radius 2 is 1.83 bits per heavy atom. The lowest BCUT2D eigenvalue weighted by Crippen LogP contribution is -2.47. The van der Waals surface area contributed by atoms with Crippen LogP contribution in [0.5, 0.6) is 0 Å². The molecule has 2 rings (SSSR count). The van der Waals surface area contributed by atoms with Crippen LogP contribution in [-0.4, -0.2) is 48.1 Å². The lowest BCUT2D eigenvalue weighted by atomic mass is 9.88. The highest BCUT2D eigenvalue weighted by Crippen LogP contribution is 2.39. The highest BCUT2D eigenvalue weighted by molar-refractivity contribution is 5.81. The maximum Gasteiger partial charge on any atom is 0.225 e. The topological polar surface area (TPSA) is 58.6 Å². The van der Waals surface area contributed by atoms with Crippen LogP contribution in [0.3, 0.4) is 0 Å². The van der Waals surface area contributed by atoms with E-state index in [2.05, 4.69) is 19.2 Å². The third-order valence-corrected chi connectivity index (χ3v) is 5.12. The van der Waals surface area contributed by atoms with Crippen molar-refractivity contribution in [2.75, 3.05) is 19.6 Å². The quantitative estimate of drug-likeness (QED) is 0.857. The van der Waals surface area contributed by atoms with Crippen molar-refractivity contribution in [3.63, 3.8) is 0 Å². The Balaban J connectivity index is 1.77. The molecule has 2 saturated heterocycles. The fraction of sp³-hybridized carbons (Fsp3) is 0.895. The van der Waals surface area contributed by atoms with Gasteiger partial charge in [0.2, 0.25) is 11.8 Å². The molecule has 2 amide bonds. The van der Waals surface area contributed by atoms with Crippen molar-refractivity contribution < 1.29 is 14.3 Å². The van der Waals surface area contributed by atoms with E-state index < -0.39 is 0 Å². The molecule has 2 aliphatic heterocycles. The number of carbonyl (C=O) groups excluding carboxylic acids is 2. The van der Waals surface area contributed by atoms with Gasteiger partial charge in [-0.25, -0.2) is 0 Å². The number of piperidine rings is 1. The Labute approximate surface area is 146 Å². The summed E-state index contributed by atoms with van der Waals surface area (Å²) in [5, 5.41) is 3.01. The summed E-state index contributed by atoms with van der Waals surface area (Å²) in [7, 11) is 0. The highest BCUT2D eigenvalue weighted by atomic mass is 16.5. The van der Waals surface area contributed by atoms with Gasteiger partial charge in [0.25, 0.3) is 0 Å². The molecule has 2 aliphatic rings. The van der Waals surface area contributed by atoms with Crippen LogP contribution >= 0.6 is 0 Å². The number of amides is 2. The summed E-state index contributed by atoms with van der Waals surface area (Å²) in [6, 6.07) is 0. The summed E-state index contributed by atoms with van der Waals surface area (Å²) in [6.07, 6.45) is 4.60. The maximum absolute atomic E-state index is 12.2. The third-order valence-electron chi connectivity index (χ3n) is 5.12. The molecule has 2 fully saturated rings. The molecule has 24 heavy (non-hydrogen) atoms. The Bertz CT molecular complexity index is 460. The molecule has 2 heterocycles. The number of hydrogen-bond acceptors (Lipinski definition) is 3. The second-order valence-corrected chi connectivity index (χ2v) is 8.90. The molecule has 1 N–H and O–H groups in total.